The SMILES string of the molecule is O=C(CCCCCN1C(=O)CCC1=O)NNC(=O)CCCC[C@@H]1SC[C@@H]2NC(=O)N[C@@H]21. The van der Waals surface area contributed by atoms with Crippen LogP contribution in [0.25, 0.3) is 0 Å². The summed E-state index contributed by atoms with van der Waals surface area (Å²) in [7, 11) is 0. The molecule has 0 saturated carbocycles. The van der Waals surface area contributed by atoms with Crippen LogP contribution in [0.3, 0.4) is 0 Å². The summed E-state index contributed by atoms with van der Waals surface area (Å²) in [6.07, 6.45) is 5.83. The molecule has 0 radical (unpaired) electrons. The third kappa shape index (κ3) is 6.84. The summed E-state index contributed by atoms with van der Waals surface area (Å²) >= 11 is 1.86. The van der Waals surface area contributed by atoms with E-state index in [0.29, 0.717) is 43.9 Å². The molecule has 4 N–H and O–H groups in total. The second-order valence-electron chi connectivity index (χ2n) is 8.21. The highest BCUT2D eigenvalue weighted by Crippen LogP contribution is 2.33. The van der Waals surface area contributed by atoms with E-state index in [1.165, 1.54) is 4.90 Å². The van der Waals surface area contributed by atoms with Crippen LogP contribution in [0.15, 0.2) is 0 Å². The number of hydrogen-bond acceptors (Lipinski definition) is 6. The summed E-state index contributed by atoms with van der Waals surface area (Å²) in [5, 5.41) is 6.26. The molecule has 11 heteroatoms. The molecule has 3 saturated heterocycles. The first-order chi connectivity index (χ1) is 14.9. The van der Waals surface area contributed by atoms with Crippen LogP contribution in [0.2, 0.25) is 0 Å². The Kier molecular flexibility index (Phi) is 8.56. The van der Waals surface area contributed by atoms with Gasteiger partial charge in [0.25, 0.3) is 0 Å². The molecule has 0 aromatic carbocycles. The van der Waals surface area contributed by atoms with E-state index < -0.39 is 0 Å². The van der Waals surface area contributed by atoms with Crippen molar-refractivity contribution >= 4 is 41.4 Å². The zero-order chi connectivity index (χ0) is 22.2. The number of thioether (sulfide) groups is 1. The zero-order valence-corrected chi connectivity index (χ0v) is 18.4. The molecule has 10 nitrogen and oxygen atoms in total. The van der Waals surface area contributed by atoms with Gasteiger partial charge in [0.05, 0.1) is 12.1 Å². The maximum atomic E-state index is 11.9. The molecule has 0 aliphatic carbocycles. The highest BCUT2D eigenvalue weighted by molar-refractivity contribution is 8.00. The second-order valence-corrected chi connectivity index (χ2v) is 9.49. The van der Waals surface area contributed by atoms with Gasteiger partial charge in [-0.25, -0.2) is 4.79 Å². The smallest absolute Gasteiger partial charge is 0.315 e. The van der Waals surface area contributed by atoms with Gasteiger partial charge < -0.3 is 10.6 Å². The van der Waals surface area contributed by atoms with E-state index in [0.717, 1.165) is 31.4 Å². The number of carbonyl (C=O) groups is 5. The topological polar surface area (TPSA) is 137 Å². The minimum Gasteiger partial charge on any atom is -0.332 e. The number of rotatable bonds is 11. The van der Waals surface area contributed by atoms with Crippen LogP contribution >= 0.6 is 11.8 Å². The summed E-state index contributed by atoms with van der Waals surface area (Å²) in [6, 6.07) is 0.306. The Bertz CT molecular complexity index is 702. The zero-order valence-electron chi connectivity index (χ0n) is 17.6. The number of hydrazine groups is 1. The molecule has 0 aromatic rings. The van der Waals surface area contributed by atoms with E-state index >= 15 is 0 Å². The first-order valence-corrected chi connectivity index (χ1v) is 12.1. The number of carbonyl (C=O) groups excluding carboxylic acids is 5. The fourth-order valence-electron chi connectivity index (χ4n) is 4.14. The Morgan fingerprint density at radius 2 is 1.55 bits per heavy atom. The van der Waals surface area contributed by atoms with Crippen molar-refractivity contribution in [1.82, 2.24) is 26.4 Å². The highest BCUT2D eigenvalue weighted by Gasteiger charge is 2.42. The number of nitrogens with one attached hydrogen (secondary N) is 4. The average molecular weight is 454 g/mol. The van der Waals surface area contributed by atoms with Gasteiger partial charge in [0.15, 0.2) is 0 Å². The van der Waals surface area contributed by atoms with E-state index in [-0.39, 0.29) is 48.2 Å². The Balaban J connectivity index is 1.16. The molecule has 172 valence electrons. The van der Waals surface area contributed by atoms with Crippen molar-refractivity contribution in [2.45, 2.75) is 81.5 Å². The summed E-state index contributed by atoms with van der Waals surface area (Å²) < 4.78 is 0. The third-order valence-electron chi connectivity index (χ3n) is 5.86. The molecule has 0 aromatic heterocycles. The van der Waals surface area contributed by atoms with Gasteiger partial charge in [0.1, 0.15) is 0 Å². The van der Waals surface area contributed by atoms with E-state index in [2.05, 4.69) is 21.5 Å². The van der Waals surface area contributed by atoms with E-state index in [9.17, 15) is 24.0 Å². The molecule has 0 unspecified atom stereocenters. The Morgan fingerprint density at radius 1 is 0.903 bits per heavy atom. The summed E-state index contributed by atoms with van der Waals surface area (Å²) in [5.74, 6) is 0.236. The lowest BCUT2D eigenvalue weighted by atomic mass is 10.0. The van der Waals surface area contributed by atoms with Gasteiger partial charge in [-0.3, -0.25) is 34.9 Å². The molecule has 3 aliphatic rings. The van der Waals surface area contributed by atoms with Crippen LogP contribution in [0, 0.1) is 0 Å². The maximum Gasteiger partial charge on any atom is 0.315 e. The number of imide groups is 1. The van der Waals surface area contributed by atoms with Gasteiger partial charge >= 0.3 is 6.03 Å². The normalized spacial score (nSPS) is 24.7. The van der Waals surface area contributed by atoms with Gasteiger partial charge in [-0.1, -0.05) is 12.8 Å². The Morgan fingerprint density at radius 3 is 2.23 bits per heavy atom. The lowest BCUT2D eigenvalue weighted by molar-refractivity contribution is -0.138. The predicted octanol–water partition coefficient (Wildman–Crippen LogP) is 0.569. The molecular weight excluding hydrogens is 422 g/mol. The monoisotopic (exact) mass is 453 g/mol. The minimum atomic E-state index is -0.250. The summed E-state index contributed by atoms with van der Waals surface area (Å²) in [6.45, 7) is 0.416. The first-order valence-electron chi connectivity index (χ1n) is 11.0. The molecule has 0 spiro atoms. The predicted molar refractivity (Wildman–Crippen MR) is 115 cm³/mol. The maximum absolute atomic E-state index is 11.9. The van der Waals surface area contributed by atoms with E-state index in [4.69, 9.17) is 0 Å². The van der Waals surface area contributed by atoms with E-state index in [1.807, 2.05) is 11.8 Å². The van der Waals surface area contributed by atoms with Crippen molar-refractivity contribution in [3.05, 3.63) is 0 Å². The third-order valence-corrected chi connectivity index (χ3v) is 7.37. The largest absolute Gasteiger partial charge is 0.332 e. The van der Waals surface area contributed by atoms with Crippen LogP contribution in [0.5, 0.6) is 0 Å². The van der Waals surface area contributed by atoms with E-state index in [1.54, 1.807) is 0 Å². The van der Waals surface area contributed by atoms with Gasteiger partial charge in [0.2, 0.25) is 23.6 Å². The van der Waals surface area contributed by atoms with Crippen molar-refractivity contribution < 1.29 is 24.0 Å². The van der Waals surface area contributed by atoms with Crippen LogP contribution in [-0.2, 0) is 19.2 Å². The lowest BCUT2D eigenvalue weighted by Gasteiger charge is -2.16. The average Bonchev–Trinajstić information content (AvgIpc) is 3.39. The molecule has 3 atom stereocenters. The number of fused-ring (bicyclic) bond motifs is 1. The van der Waals surface area contributed by atoms with Gasteiger partial charge in [-0.15, -0.1) is 0 Å². The Hall–Kier alpha value is -2.30. The number of amides is 6. The minimum absolute atomic E-state index is 0.0905. The number of nitrogens with zero attached hydrogens (tertiary/aromatic N) is 1. The van der Waals surface area contributed by atoms with Crippen molar-refractivity contribution in [3.63, 3.8) is 0 Å². The molecule has 6 amide bonds. The fraction of sp³-hybridized carbons (Fsp3) is 0.750. The lowest BCUT2D eigenvalue weighted by Crippen LogP contribution is -2.41. The molecule has 3 rings (SSSR count). The summed E-state index contributed by atoms with van der Waals surface area (Å²) in [5.41, 5.74) is 4.87. The second kappa shape index (κ2) is 11.4. The van der Waals surface area contributed by atoms with Crippen molar-refractivity contribution in [2.75, 3.05) is 12.3 Å². The molecular formula is C20H31N5O5S. The summed E-state index contributed by atoms with van der Waals surface area (Å²) in [4.78, 5) is 59.4. The van der Waals surface area contributed by atoms with Crippen molar-refractivity contribution in [3.8, 4) is 0 Å². The van der Waals surface area contributed by atoms with Gasteiger partial charge in [0, 0.05) is 43.2 Å². The number of urea groups is 1. The van der Waals surface area contributed by atoms with Crippen LogP contribution in [-0.4, -0.2) is 64.2 Å². The number of hydrogen-bond donors (Lipinski definition) is 4. The van der Waals surface area contributed by atoms with Crippen molar-refractivity contribution in [1.29, 1.82) is 0 Å². The molecule has 3 aliphatic heterocycles. The molecule has 0 bridgehead atoms. The fourth-order valence-corrected chi connectivity index (χ4v) is 5.69. The molecule has 3 fully saturated rings. The van der Waals surface area contributed by atoms with Crippen LogP contribution in [0.4, 0.5) is 4.79 Å². The Labute approximate surface area is 186 Å². The van der Waals surface area contributed by atoms with Gasteiger partial charge in [-0.2, -0.15) is 11.8 Å². The molecule has 31 heavy (non-hydrogen) atoms. The van der Waals surface area contributed by atoms with Gasteiger partial charge in [-0.05, 0) is 25.7 Å². The van der Waals surface area contributed by atoms with Crippen LogP contribution in [0.1, 0.15) is 64.2 Å². The van der Waals surface area contributed by atoms with Crippen molar-refractivity contribution in [2.24, 2.45) is 0 Å². The highest BCUT2D eigenvalue weighted by atomic mass is 32.2. The number of unbranched alkanes of at least 4 members (excludes halogenated alkanes) is 3. The van der Waals surface area contributed by atoms with Crippen LogP contribution < -0.4 is 21.5 Å². The first kappa shape index (κ1) is 23.4. The number of likely N-dealkylation sites (tertiary alicyclic amines) is 1. The quantitative estimate of drug-likeness (QED) is 0.156. The standard InChI is InChI=1S/C20H31N5O5S/c26-15(7-2-1-5-11-25-17(28)9-10-18(25)29)23-24-16(27)8-4-3-6-14-19-13(12-31-14)21-20(30)22-19/h13-14,19H,1-12H2,(H,23,26)(H,24,27)(H2,21,22,30)/t13-,14-,19-/m0/s1. The molecule has 3 heterocycles.